The number of nitrogens with one attached hydrogen (secondary N) is 1. The molecule has 0 aliphatic heterocycles. The van der Waals surface area contributed by atoms with Crippen LogP contribution in [0, 0.1) is 0 Å². The van der Waals surface area contributed by atoms with Crippen LogP contribution in [0.1, 0.15) is 18.1 Å². The molecule has 0 saturated carbocycles. The second-order valence-corrected chi connectivity index (χ2v) is 10.8. The summed E-state index contributed by atoms with van der Waals surface area (Å²) in [5, 5.41) is 2.97. The average Bonchev–Trinajstić information content (AvgIpc) is 2.64. The van der Waals surface area contributed by atoms with Crippen molar-refractivity contribution in [1.29, 1.82) is 0 Å². The Balaban J connectivity index is 0.00000512. The van der Waals surface area contributed by atoms with Crippen molar-refractivity contribution in [3.05, 3.63) is 59.5 Å². The third-order valence-corrected chi connectivity index (χ3v) is 7.03. The van der Waals surface area contributed by atoms with Crippen molar-refractivity contribution in [2.75, 3.05) is 5.32 Å². The molecule has 0 aromatic heterocycles. The number of hydrogen-bond acceptors (Lipinski definition) is 7. The van der Waals surface area contributed by atoms with Crippen LogP contribution in [-0.2, 0) is 34.9 Å². The minimum Gasteiger partial charge on any atom is -0.326 e. The minimum absolute atomic E-state index is 0. The van der Waals surface area contributed by atoms with Crippen LogP contribution in [0.2, 0.25) is 0 Å². The monoisotopic (exact) mass is 510 g/mol. The number of hydrogen-bond donors (Lipinski definition) is 3. The van der Waals surface area contributed by atoms with Crippen molar-refractivity contribution in [3.63, 3.8) is 0 Å². The van der Waals surface area contributed by atoms with Crippen LogP contribution in [0.15, 0.2) is 63.1 Å². The third kappa shape index (κ3) is 7.08. The van der Waals surface area contributed by atoms with Crippen molar-refractivity contribution < 1.29 is 39.2 Å². The number of anilines is 1. The van der Waals surface area contributed by atoms with Crippen molar-refractivity contribution in [3.8, 4) is 0 Å². The number of amides is 1. The molecule has 0 bridgehead atoms. The zero-order chi connectivity index (χ0) is 23.6. The Morgan fingerprint density at radius 3 is 1.78 bits per heavy atom. The Morgan fingerprint density at radius 2 is 1.34 bits per heavy atom. The van der Waals surface area contributed by atoms with Crippen molar-refractivity contribution in [2.24, 2.45) is 0 Å². The standard InChI is InChI=1S/C18H17NO9S3.Na/c1-3-29(21,22)16-9-7-14(18(11-16)31(26,27)28)5-4-13-6-8-15(19-12(2)20)10-17(13)30(23,24)25;/h3-11H,1H2,2H3,(H,19,20)(H,23,24,25)(H,26,27,28);. The fourth-order valence-electron chi connectivity index (χ4n) is 2.51. The van der Waals surface area contributed by atoms with Gasteiger partial charge in [-0.2, -0.15) is 16.8 Å². The van der Waals surface area contributed by atoms with E-state index in [9.17, 15) is 39.2 Å². The molecule has 0 heterocycles. The summed E-state index contributed by atoms with van der Waals surface area (Å²) in [4.78, 5) is 9.41. The van der Waals surface area contributed by atoms with Crippen molar-refractivity contribution >= 4 is 83.4 Å². The molecule has 167 valence electrons. The fraction of sp³-hybridized carbons (Fsp3) is 0.0556. The van der Waals surface area contributed by atoms with Gasteiger partial charge in [0.05, 0.1) is 4.90 Å². The molecule has 0 unspecified atom stereocenters. The van der Waals surface area contributed by atoms with E-state index in [4.69, 9.17) is 0 Å². The van der Waals surface area contributed by atoms with E-state index in [2.05, 4.69) is 11.9 Å². The maximum Gasteiger partial charge on any atom is 0.295 e. The van der Waals surface area contributed by atoms with Crippen LogP contribution in [0.3, 0.4) is 0 Å². The summed E-state index contributed by atoms with van der Waals surface area (Å²) in [7, 11) is -13.6. The fourth-order valence-corrected chi connectivity index (χ4v) is 4.73. The Hall–Kier alpha value is -1.84. The van der Waals surface area contributed by atoms with E-state index in [1.54, 1.807) is 0 Å². The predicted octanol–water partition coefficient (Wildman–Crippen LogP) is 1.85. The molecule has 10 nitrogen and oxygen atoms in total. The number of rotatable bonds is 7. The van der Waals surface area contributed by atoms with Crippen molar-refractivity contribution in [1.82, 2.24) is 0 Å². The molecule has 32 heavy (non-hydrogen) atoms. The Kier molecular flexibility index (Phi) is 9.16. The van der Waals surface area contributed by atoms with Gasteiger partial charge in [0.1, 0.15) is 9.79 Å². The molecule has 0 fully saturated rings. The summed E-state index contributed by atoms with van der Waals surface area (Å²) in [6.45, 7) is 4.34. The van der Waals surface area contributed by atoms with Crippen molar-refractivity contribution in [2.45, 2.75) is 21.6 Å². The third-order valence-electron chi connectivity index (χ3n) is 3.87. The van der Waals surface area contributed by atoms with Crippen LogP contribution >= 0.6 is 0 Å². The summed E-state index contributed by atoms with van der Waals surface area (Å²) >= 11 is 0. The molecule has 3 N–H and O–H groups in total. The van der Waals surface area contributed by atoms with Gasteiger partial charge in [-0.15, -0.1) is 0 Å². The Labute approximate surface area is 207 Å². The molecular formula is C18H17NNaO9S3. The van der Waals surface area contributed by atoms with Gasteiger partial charge >= 0.3 is 0 Å². The summed E-state index contributed by atoms with van der Waals surface area (Å²) in [5.41, 5.74) is -0.131. The minimum atomic E-state index is -4.85. The second-order valence-electron chi connectivity index (χ2n) is 6.13. The maximum absolute atomic E-state index is 11.9. The van der Waals surface area contributed by atoms with Crippen LogP contribution < -0.4 is 5.32 Å². The van der Waals surface area contributed by atoms with Crippen LogP contribution in [0.5, 0.6) is 0 Å². The Morgan fingerprint density at radius 1 is 0.875 bits per heavy atom. The van der Waals surface area contributed by atoms with Crippen LogP contribution in [0.4, 0.5) is 5.69 Å². The van der Waals surface area contributed by atoms with Gasteiger partial charge < -0.3 is 5.32 Å². The summed E-state index contributed by atoms with van der Waals surface area (Å²) in [6.07, 6.45) is 2.24. The Bertz CT molecular complexity index is 1410. The average molecular weight is 511 g/mol. The first-order valence-electron chi connectivity index (χ1n) is 8.21. The van der Waals surface area contributed by atoms with E-state index >= 15 is 0 Å². The number of benzene rings is 2. The van der Waals surface area contributed by atoms with Gasteiger partial charge in [0.15, 0.2) is 9.84 Å². The first-order chi connectivity index (χ1) is 14.1. The first-order valence-corrected chi connectivity index (χ1v) is 12.6. The molecular weight excluding hydrogens is 493 g/mol. The molecule has 0 saturated heterocycles. The van der Waals surface area contributed by atoms with Gasteiger partial charge in [0, 0.05) is 47.6 Å². The van der Waals surface area contributed by atoms with Gasteiger partial charge in [-0.1, -0.05) is 30.9 Å². The quantitative estimate of drug-likeness (QED) is 0.285. The maximum atomic E-state index is 11.9. The van der Waals surface area contributed by atoms with Gasteiger partial charge in [-0.3, -0.25) is 13.9 Å². The topological polar surface area (TPSA) is 172 Å². The van der Waals surface area contributed by atoms with E-state index < -0.39 is 50.7 Å². The molecule has 0 aliphatic rings. The summed E-state index contributed by atoms with van der Waals surface area (Å²) in [5.74, 6) is -0.475. The molecule has 1 radical (unpaired) electrons. The van der Waals surface area contributed by atoms with Gasteiger partial charge in [0.2, 0.25) is 5.91 Å². The molecule has 0 aliphatic carbocycles. The van der Waals surface area contributed by atoms with E-state index in [0.29, 0.717) is 5.41 Å². The molecule has 0 atom stereocenters. The van der Waals surface area contributed by atoms with Gasteiger partial charge in [-0.05, 0) is 35.4 Å². The number of sulfone groups is 1. The second kappa shape index (κ2) is 10.4. The zero-order valence-electron chi connectivity index (χ0n) is 16.9. The van der Waals surface area contributed by atoms with E-state index in [-0.39, 0.29) is 46.4 Å². The number of carbonyl (C=O) groups is 1. The summed E-state index contributed by atoms with van der Waals surface area (Å²) in [6, 6.07) is 6.49. The van der Waals surface area contributed by atoms with E-state index in [1.807, 2.05) is 0 Å². The molecule has 0 spiro atoms. The SMILES string of the molecule is C=CS(=O)(=O)c1ccc(C=Cc2ccc(NC(C)=O)cc2S(=O)(=O)O)c(S(=O)(=O)O)c1.[Na]. The molecule has 2 aromatic rings. The predicted molar refractivity (Wildman–Crippen MR) is 119 cm³/mol. The summed E-state index contributed by atoms with van der Waals surface area (Å²) < 4.78 is 89.6. The van der Waals surface area contributed by atoms with Crippen LogP contribution in [0.25, 0.3) is 12.2 Å². The van der Waals surface area contributed by atoms with Crippen LogP contribution in [-0.4, -0.2) is 69.8 Å². The molecule has 14 heteroatoms. The number of carbonyl (C=O) groups excluding carboxylic acids is 1. The largest absolute Gasteiger partial charge is 0.326 e. The normalized spacial score (nSPS) is 12.2. The molecule has 2 rings (SSSR count). The zero-order valence-corrected chi connectivity index (χ0v) is 21.3. The molecule has 1 amide bonds. The van der Waals surface area contributed by atoms with Gasteiger partial charge in [0.25, 0.3) is 20.2 Å². The van der Waals surface area contributed by atoms with E-state index in [0.717, 1.165) is 36.4 Å². The van der Waals surface area contributed by atoms with Gasteiger partial charge in [-0.25, -0.2) is 8.42 Å². The molecule has 2 aromatic carbocycles. The van der Waals surface area contributed by atoms with E-state index in [1.165, 1.54) is 19.1 Å². The first kappa shape index (κ1) is 28.2. The smallest absolute Gasteiger partial charge is 0.295 e.